The first-order valence-corrected chi connectivity index (χ1v) is 6.55. The molecule has 0 spiro atoms. The Hall–Kier alpha value is -1.49. The lowest BCUT2D eigenvalue weighted by Crippen LogP contribution is -2.36. The summed E-state index contributed by atoms with van der Waals surface area (Å²) in [5.41, 5.74) is 6.57. The van der Waals surface area contributed by atoms with Crippen LogP contribution in [-0.4, -0.2) is 21.9 Å². The molecule has 1 heterocycles. The number of nitrogens with zero attached hydrogens (tertiary/aromatic N) is 1. The number of aromatic nitrogens is 1. The van der Waals surface area contributed by atoms with Gasteiger partial charge < -0.3 is 11.1 Å². The highest BCUT2D eigenvalue weighted by molar-refractivity contribution is 7.80. The van der Waals surface area contributed by atoms with E-state index >= 15 is 0 Å². The molecular weight excluding hydrogens is 246 g/mol. The van der Waals surface area contributed by atoms with Crippen LogP contribution < -0.4 is 11.1 Å². The summed E-state index contributed by atoms with van der Waals surface area (Å²) in [4.78, 5) is 16.4. The van der Waals surface area contributed by atoms with Gasteiger partial charge in [0, 0.05) is 17.8 Å². The van der Waals surface area contributed by atoms with Crippen LogP contribution in [0.2, 0.25) is 0 Å². The Morgan fingerprint density at radius 2 is 2.28 bits per heavy atom. The van der Waals surface area contributed by atoms with Gasteiger partial charge in [-0.15, -0.1) is 0 Å². The van der Waals surface area contributed by atoms with E-state index in [1.807, 2.05) is 0 Å². The Morgan fingerprint density at radius 1 is 1.50 bits per heavy atom. The lowest BCUT2D eigenvalue weighted by atomic mass is 10.1. The number of hydrogen-bond acceptors (Lipinski definition) is 3. The van der Waals surface area contributed by atoms with Crippen molar-refractivity contribution in [3.05, 3.63) is 29.6 Å². The number of pyridine rings is 1. The molecule has 1 fully saturated rings. The molecule has 96 valence electrons. The van der Waals surface area contributed by atoms with Gasteiger partial charge in [0.05, 0.1) is 0 Å². The molecule has 1 aliphatic rings. The molecule has 1 aromatic rings. The summed E-state index contributed by atoms with van der Waals surface area (Å²) in [5, 5.41) is 3.03. The predicted molar refractivity (Wildman–Crippen MR) is 74.4 cm³/mol. The molecule has 1 amide bonds. The highest BCUT2D eigenvalue weighted by Gasteiger charge is 2.25. The third-order valence-electron chi connectivity index (χ3n) is 3.46. The van der Waals surface area contributed by atoms with Crippen LogP contribution >= 0.6 is 12.2 Å². The van der Waals surface area contributed by atoms with Gasteiger partial charge in [0.25, 0.3) is 5.91 Å². The number of hydrogen-bond donors (Lipinski definition) is 2. The van der Waals surface area contributed by atoms with Crippen LogP contribution in [0.5, 0.6) is 0 Å². The molecule has 2 rings (SSSR count). The lowest BCUT2D eigenvalue weighted by Gasteiger charge is -2.16. The molecular formula is C13H17N3OS. The molecule has 0 aromatic carbocycles. The Labute approximate surface area is 112 Å². The van der Waals surface area contributed by atoms with Gasteiger partial charge in [0.1, 0.15) is 10.7 Å². The smallest absolute Gasteiger partial charge is 0.270 e. The number of rotatable bonds is 3. The molecule has 0 aliphatic heterocycles. The zero-order valence-corrected chi connectivity index (χ0v) is 11.2. The second kappa shape index (κ2) is 5.44. The first-order chi connectivity index (χ1) is 8.58. The number of carbonyl (C=O) groups excluding carboxylic acids is 1. The average molecular weight is 263 g/mol. The predicted octanol–water partition coefficient (Wildman–Crippen LogP) is 1.63. The highest BCUT2D eigenvalue weighted by Crippen LogP contribution is 2.24. The van der Waals surface area contributed by atoms with Crippen molar-refractivity contribution in [2.45, 2.75) is 32.2 Å². The molecule has 3 N–H and O–H groups in total. The lowest BCUT2D eigenvalue weighted by molar-refractivity contribution is 0.0924. The Kier molecular flexibility index (Phi) is 3.91. The van der Waals surface area contributed by atoms with Gasteiger partial charge in [0.15, 0.2) is 0 Å². The highest BCUT2D eigenvalue weighted by atomic mass is 32.1. The maximum Gasteiger partial charge on any atom is 0.270 e. The number of amides is 1. The van der Waals surface area contributed by atoms with E-state index in [4.69, 9.17) is 18.0 Å². The minimum Gasteiger partial charge on any atom is -0.389 e. The van der Waals surface area contributed by atoms with Crippen molar-refractivity contribution >= 4 is 23.1 Å². The Balaban J connectivity index is 2.02. The fraction of sp³-hybridized carbons (Fsp3) is 0.462. The molecule has 2 atom stereocenters. The van der Waals surface area contributed by atoms with Gasteiger partial charge in [-0.05, 0) is 30.9 Å². The van der Waals surface area contributed by atoms with Crippen molar-refractivity contribution in [2.24, 2.45) is 11.7 Å². The quantitative estimate of drug-likeness (QED) is 0.813. The summed E-state index contributed by atoms with van der Waals surface area (Å²) in [6.07, 6.45) is 4.95. The van der Waals surface area contributed by atoms with E-state index in [0.29, 0.717) is 22.2 Å². The maximum atomic E-state index is 12.0. The second-order valence-electron chi connectivity index (χ2n) is 4.78. The van der Waals surface area contributed by atoms with Crippen LogP contribution in [0.4, 0.5) is 0 Å². The van der Waals surface area contributed by atoms with Crippen molar-refractivity contribution in [3.63, 3.8) is 0 Å². The van der Waals surface area contributed by atoms with Crippen LogP contribution in [0.1, 0.15) is 42.2 Å². The number of thiocarbonyl (C=S) groups is 1. The van der Waals surface area contributed by atoms with E-state index in [2.05, 4.69) is 17.2 Å². The Bertz CT molecular complexity index is 458. The largest absolute Gasteiger partial charge is 0.389 e. The normalized spacial score (nSPS) is 22.7. The van der Waals surface area contributed by atoms with Gasteiger partial charge in [-0.3, -0.25) is 9.78 Å². The fourth-order valence-electron chi connectivity index (χ4n) is 2.28. The van der Waals surface area contributed by atoms with Crippen LogP contribution in [0.15, 0.2) is 18.3 Å². The molecule has 1 saturated carbocycles. The first-order valence-electron chi connectivity index (χ1n) is 6.14. The SMILES string of the molecule is CC1CCCC1NC(=O)c1ccc(C(N)=S)cn1. The van der Waals surface area contributed by atoms with Crippen molar-refractivity contribution in [3.8, 4) is 0 Å². The Morgan fingerprint density at radius 3 is 2.78 bits per heavy atom. The zero-order valence-electron chi connectivity index (χ0n) is 10.3. The molecule has 1 aromatic heterocycles. The van der Waals surface area contributed by atoms with E-state index in [1.165, 1.54) is 19.0 Å². The molecule has 2 unspecified atom stereocenters. The number of carbonyl (C=O) groups is 1. The summed E-state index contributed by atoms with van der Waals surface area (Å²) < 4.78 is 0. The molecule has 0 radical (unpaired) electrons. The maximum absolute atomic E-state index is 12.0. The molecule has 1 aliphatic carbocycles. The summed E-state index contributed by atoms with van der Waals surface area (Å²) in [6.45, 7) is 2.17. The monoisotopic (exact) mass is 263 g/mol. The summed E-state index contributed by atoms with van der Waals surface area (Å²) in [7, 11) is 0. The topological polar surface area (TPSA) is 68.0 Å². The number of nitrogens with one attached hydrogen (secondary N) is 1. The van der Waals surface area contributed by atoms with E-state index in [-0.39, 0.29) is 11.9 Å². The van der Waals surface area contributed by atoms with Gasteiger partial charge in [0.2, 0.25) is 0 Å². The number of nitrogens with two attached hydrogens (primary N) is 1. The van der Waals surface area contributed by atoms with Crippen LogP contribution in [0.3, 0.4) is 0 Å². The third kappa shape index (κ3) is 2.85. The van der Waals surface area contributed by atoms with Crippen LogP contribution in [0.25, 0.3) is 0 Å². The van der Waals surface area contributed by atoms with Crippen molar-refractivity contribution < 1.29 is 4.79 Å². The van der Waals surface area contributed by atoms with E-state index in [0.717, 1.165) is 6.42 Å². The summed E-state index contributed by atoms with van der Waals surface area (Å²) in [5.74, 6) is 0.424. The van der Waals surface area contributed by atoms with Gasteiger partial charge in [-0.1, -0.05) is 25.6 Å². The molecule has 5 heteroatoms. The van der Waals surface area contributed by atoms with Gasteiger partial charge >= 0.3 is 0 Å². The first kappa shape index (κ1) is 13.0. The van der Waals surface area contributed by atoms with E-state index < -0.39 is 0 Å². The van der Waals surface area contributed by atoms with Crippen LogP contribution in [-0.2, 0) is 0 Å². The fourth-order valence-corrected chi connectivity index (χ4v) is 2.40. The van der Waals surface area contributed by atoms with Crippen molar-refractivity contribution in [1.29, 1.82) is 0 Å². The molecule has 4 nitrogen and oxygen atoms in total. The molecule has 18 heavy (non-hydrogen) atoms. The minimum atomic E-state index is -0.122. The summed E-state index contributed by atoms with van der Waals surface area (Å²) in [6, 6.07) is 3.65. The summed E-state index contributed by atoms with van der Waals surface area (Å²) >= 11 is 4.84. The standard InChI is InChI=1S/C13H17N3OS/c1-8-3-2-4-10(8)16-13(17)11-6-5-9(7-15-11)12(14)18/h5-8,10H,2-4H2,1H3,(H2,14,18)(H,16,17). The second-order valence-corrected chi connectivity index (χ2v) is 5.22. The van der Waals surface area contributed by atoms with E-state index in [1.54, 1.807) is 12.1 Å². The van der Waals surface area contributed by atoms with Gasteiger partial charge in [-0.2, -0.15) is 0 Å². The average Bonchev–Trinajstić information content (AvgIpc) is 2.75. The van der Waals surface area contributed by atoms with Crippen LogP contribution in [0, 0.1) is 5.92 Å². The van der Waals surface area contributed by atoms with Crippen molar-refractivity contribution in [1.82, 2.24) is 10.3 Å². The van der Waals surface area contributed by atoms with Crippen molar-refractivity contribution in [2.75, 3.05) is 0 Å². The molecule has 0 saturated heterocycles. The third-order valence-corrected chi connectivity index (χ3v) is 3.69. The van der Waals surface area contributed by atoms with E-state index in [9.17, 15) is 4.79 Å². The zero-order chi connectivity index (χ0) is 13.1. The van der Waals surface area contributed by atoms with Gasteiger partial charge in [-0.25, -0.2) is 0 Å². The minimum absolute atomic E-state index is 0.122. The molecule has 0 bridgehead atoms.